The van der Waals surface area contributed by atoms with E-state index in [9.17, 15) is 4.39 Å². The molecule has 0 aromatic heterocycles. The largest absolute Gasteiger partial charge is 0.328 e. The number of hydrogen-bond donors (Lipinski definition) is 1. The molecule has 1 aromatic carbocycles. The Bertz CT molecular complexity index is 362. The van der Waals surface area contributed by atoms with Gasteiger partial charge in [0.2, 0.25) is 0 Å². The second-order valence-corrected chi connectivity index (χ2v) is 4.99. The lowest BCUT2D eigenvalue weighted by Gasteiger charge is -2.17. The van der Waals surface area contributed by atoms with Crippen LogP contribution in [0.4, 0.5) is 4.39 Å². The van der Waals surface area contributed by atoms with Crippen LogP contribution >= 0.6 is 0 Å². The molecule has 0 bridgehead atoms. The summed E-state index contributed by atoms with van der Waals surface area (Å²) in [6, 6.07) is 5.91. The normalized spacial score (nSPS) is 26.4. The highest BCUT2D eigenvalue weighted by Crippen LogP contribution is 2.31. The quantitative estimate of drug-likeness (QED) is 0.721. The third-order valence-electron chi connectivity index (χ3n) is 3.63. The van der Waals surface area contributed by atoms with Gasteiger partial charge in [-0.25, -0.2) is 4.39 Å². The van der Waals surface area contributed by atoms with Gasteiger partial charge in [-0.2, -0.15) is 0 Å². The molecule has 88 valence electrons. The molecule has 16 heavy (non-hydrogen) atoms. The Labute approximate surface area is 96.9 Å². The number of aryl methyl sites for hydroxylation is 1. The summed E-state index contributed by atoms with van der Waals surface area (Å²) in [5.41, 5.74) is 7.89. The number of halogens is 1. The van der Waals surface area contributed by atoms with Gasteiger partial charge >= 0.3 is 0 Å². The SMILES string of the molecule is Cc1ccc(C2CCCCC(N)C2)cc1F. The smallest absolute Gasteiger partial charge is 0.126 e. The number of hydrogen-bond acceptors (Lipinski definition) is 1. The summed E-state index contributed by atoms with van der Waals surface area (Å²) >= 11 is 0. The van der Waals surface area contributed by atoms with E-state index in [1.807, 2.05) is 6.07 Å². The molecule has 2 N–H and O–H groups in total. The minimum absolute atomic E-state index is 0.0877. The fourth-order valence-corrected chi connectivity index (χ4v) is 2.56. The summed E-state index contributed by atoms with van der Waals surface area (Å²) in [6.45, 7) is 1.80. The van der Waals surface area contributed by atoms with Gasteiger partial charge in [0.15, 0.2) is 0 Å². The van der Waals surface area contributed by atoms with Crippen molar-refractivity contribution < 1.29 is 4.39 Å². The Balaban J connectivity index is 2.18. The van der Waals surface area contributed by atoms with Crippen molar-refractivity contribution in [3.05, 3.63) is 35.1 Å². The van der Waals surface area contributed by atoms with E-state index in [1.165, 1.54) is 12.8 Å². The summed E-state index contributed by atoms with van der Waals surface area (Å²) in [5.74, 6) is 0.364. The molecule has 1 saturated carbocycles. The average molecular weight is 221 g/mol. The molecule has 1 nitrogen and oxygen atoms in total. The Morgan fingerprint density at radius 1 is 1.25 bits per heavy atom. The minimum atomic E-state index is -0.0877. The molecule has 1 aliphatic carbocycles. The maximum atomic E-state index is 13.5. The third kappa shape index (κ3) is 2.62. The molecule has 2 unspecified atom stereocenters. The van der Waals surface area contributed by atoms with Crippen LogP contribution in [0, 0.1) is 12.7 Å². The van der Waals surface area contributed by atoms with Crippen LogP contribution in [0.25, 0.3) is 0 Å². The molecule has 1 aliphatic rings. The molecule has 1 fully saturated rings. The zero-order valence-electron chi connectivity index (χ0n) is 9.88. The fraction of sp³-hybridized carbons (Fsp3) is 0.571. The summed E-state index contributed by atoms with van der Waals surface area (Å²) < 4.78 is 13.5. The van der Waals surface area contributed by atoms with Crippen LogP contribution in [0.5, 0.6) is 0 Å². The van der Waals surface area contributed by atoms with Crippen molar-refractivity contribution in [3.63, 3.8) is 0 Å². The number of nitrogens with two attached hydrogens (primary N) is 1. The Kier molecular flexibility index (Phi) is 3.59. The highest BCUT2D eigenvalue weighted by Gasteiger charge is 2.19. The van der Waals surface area contributed by atoms with Crippen LogP contribution in [0.15, 0.2) is 18.2 Å². The third-order valence-corrected chi connectivity index (χ3v) is 3.63. The second-order valence-electron chi connectivity index (χ2n) is 4.99. The van der Waals surface area contributed by atoms with Crippen LogP contribution in [0.2, 0.25) is 0 Å². The second kappa shape index (κ2) is 4.96. The molecule has 0 aliphatic heterocycles. The van der Waals surface area contributed by atoms with Crippen molar-refractivity contribution in [1.29, 1.82) is 0 Å². The van der Waals surface area contributed by atoms with Gasteiger partial charge in [-0.3, -0.25) is 0 Å². The van der Waals surface area contributed by atoms with Crippen molar-refractivity contribution in [2.24, 2.45) is 5.73 Å². The fourth-order valence-electron chi connectivity index (χ4n) is 2.56. The summed E-state index contributed by atoms with van der Waals surface area (Å²) in [5, 5.41) is 0. The van der Waals surface area contributed by atoms with Gasteiger partial charge in [-0.15, -0.1) is 0 Å². The van der Waals surface area contributed by atoms with E-state index in [-0.39, 0.29) is 11.9 Å². The van der Waals surface area contributed by atoms with E-state index in [0.717, 1.165) is 30.4 Å². The lowest BCUT2D eigenvalue weighted by molar-refractivity contribution is 0.530. The Morgan fingerprint density at radius 3 is 2.75 bits per heavy atom. The average Bonchev–Trinajstić information content (AvgIpc) is 2.47. The lowest BCUT2D eigenvalue weighted by atomic mass is 9.90. The molecule has 0 radical (unpaired) electrons. The summed E-state index contributed by atoms with van der Waals surface area (Å²) in [4.78, 5) is 0. The van der Waals surface area contributed by atoms with E-state index in [2.05, 4.69) is 6.07 Å². The van der Waals surface area contributed by atoms with Gasteiger partial charge in [0.25, 0.3) is 0 Å². The predicted molar refractivity (Wildman–Crippen MR) is 64.9 cm³/mol. The molecular weight excluding hydrogens is 201 g/mol. The zero-order chi connectivity index (χ0) is 11.5. The topological polar surface area (TPSA) is 26.0 Å². The first-order chi connectivity index (χ1) is 7.66. The number of rotatable bonds is 1. The van der Waals surface area contributed by atoms with E-state index in [0.29, 0.717) is 5.92 Å². The van der Waals surface area contributed by atoms with Crippen LogP contribution in [0.1, 0.15) is 49.1 Å². The van der Waals surface area contributed by atoms with Crippen molar-refractivity contribution >= 4 is 0 Å². The van der Waals surface area contributed by atoms with E-state index in [4.69, 9.17) is 5.73 Å². The summed E-state index contributed by atoms with van der Waals surface area (Å²) in [6.07, 6.45) is 5.70. The molecular formula is C14H20FN. The van der Waals surface area contributed by atoms with Gasteiger partial charge in [-0.05, 0) is 49.3 Å². The van der Waals surface area contributed by atoms with Crippen molar-refractivity contribution in [1.82, 2.24) is 0 Å². The van der Waals surface area contributed by atoms with Gasteiger partial charge in [-0.1, -0.05) is 25.0 Å². The first-order valence-corrected chi connectivity index (χ1v) is 6.18. The highest BCUT2D eigenvalue weighted by atomic mass is 19.1. The van der Waals surface area contributed by atoms with E-state index < -0.39 is 0 Å². The Morgan fingerprint density at radius 2 is 2.00 bits per heavy atom. The van der Waals surface area contributed by atoms with Crippen LogP contribution in [-0.4, -0.2) is 6.04 Å². The molecule has 2 heteroatoms. The van der Waals surface area contributed by atoms with Crippen molar-refractivity contribution in [2.45, 2.75) is 51.0 Å². The predicted octanol–water partition coefficient (Wildman–Crippen LogP) is 3.51. The van der Waals surface area contributed by atoms with Crippen molar-refractivity contribution in [2.75, 3.05) is 0 Å². The van der Waals surface area contributed by atoms with Gasteiger partial charge in [0.05, 0.1) is 0 Å². The van der Waals surface area contributed by atoms with E-state index in [1.54, 1.807) is 13.0 Å². The molecule has 2 rings (SSSR count). The molecule has 0 heterocycles. The molecule has 1 aromatic rings. The van der Waals surface area contributed by atoms with Gasteiger partial charge in [0, 0.05) is 6.04 Å². The first-order valence-electron chi connectivity index (χ1n) is 6.18. The van der Waals surface area contributed by atoms with Crippen LogP contribution in [0.3, 0.4) is 0 Å². The van der Waals surface area contributed by atoms with E-state index >= 15 is 0 Å². The van der Waals surface area contributed by atoms with Crippen LogP contribution in [-0.2, 0) is 0 Å². The zero-order valence-corrected chi connectivity index (χ0v) is 9.88. The molecule has 0 spiro atoms. The monoisotopic (exact) mass is 221 g/mol. The van der Waals surface area contributed by atoms with Crippen LogP contribution < -0.4 is 5.73 Å². The molecule has 0 amide bonds. The lowest BCUT2D eigenvalue weighted by Crippen LogP contribution is -2.20. The Hall–Kier alpha value is -0.890. The first kappa shape index (κ1) is 11.6. The number of benzene rings is 1. The maximum Gasteiger partial charge on any atom is 0.126 e. The molecule has 0 saturated heterocycles. The van der Waals surface area contributed by atoms with Gasteiger partial charge < -0.3 is 5.73 Å². The standard InChI is InChI=1S/C14H20FN/c1-10-6-7-12(9-14(10)15)11-4-2-3-5-13(16)8-11/h6-7,9,11,13H,2-5,8,16H2,1H3. The maximum absolute atomic E-state index is 13.5. The van der Waals surface area contributed by atoms with Crippen molar-refractivity contribution in [3.8, 4) is 0 Å². The molecule has 2 atom stereocenters. The van der Waals surface area contributed by atoms with Gasteiger partial charge in [0.1, 0.15) is 5.82 Å². The highest BCUT2D eigenvalue weighted by molar-refractivity contribution is 5.26. The minimum Gasteiger partial charge on any atom is -0.328 e. The summed E-state index contributed by atoms with van der Waals surface area (Å²) in [7, 11) is 0.